The molecule has 20 heavy (non-hydrogen) atoms. The van der Waals surface area contributed by atoms with Crippen LogP contribution in [0.15, 0.2) is 12.2 Å². The van der Waals surface area contributed by atoms with Crippen LogP contribution in [0.3, 0.4) is 0 Å². The fourth-order valence-electron chi connectivity index (χ4n) is 5.62. The third-order valence-electron chi connectivity index (χ3n) is 6.55. The quantitative estimate of drug-likeness (QED) is 0.726. The summed E-state index contributed by atoms with van der Waals surface area (Å²) in [4.78, 5) is 0. The summed E-state index contributed by atoms with van der Waals surface area (Å²) >= 11 is 2.35. The molecule has 1 aliphatic heterocycles. The minimum absolute atomic E-state index is 0.496. The second-order valence-electron chi connectivity index (χ2n) is 7.60. The van der Waals surface area contributed by atoms with Crippen LogP contribution in [-0.4, -0.2) is 16.5 Å². The predicted octanol–water partition coefficient (Wildman–Crippen LogP) is 4.37. The number of fused-ring (bicyclic) bond motifs is 3. The van der Waals surface area contributed by atoms with Gasteiger partial charge in [-0.3, -0.25) is 0 Å². The zero-order valence-electron chi connectivity index (χ0n) is 12.5. The minimum Gasteiger partial charge on any atom is -0.327 e. The highest BCUT2D eigenvalue weighted by Gasteiger charge is 2.51. The van der Waals surface area contributed by atoms with E-state index in [2.05, 4.69) is 23.9 Å². The van der Waals surface area contributed by atoms with E-state index in [1.54, 1.807) is 0 Å². The van der Waals surface area contributed by atoms with Crippen LogP contribution in [0.25, 0.3) is 0 Å². The van der Waals surface area contributed by atoms with E-state index in [1.807, 2.05) is 0 Å². The van der Waals surface area contributed by atoms with Crippen molar-refractivity contribution in [2.75, 3.05) is 0 Å². The second kappa shape index (κ2) is 5.68. The third kappa shape index (κ3) is 2.27. The van der Waals surface area contributed by atoms with Crippen molar-refractivity contribution in [1.29, 1.82) is 0 Å². The maximum Gasteiger partial charge on any atom is 0.0130 e. The SMILES string of the molecule is NC1CCC2C3C=CCCC3SC2C1C1CCCCC1. The summed E-state index contributed by atoms with van der Waals surface area (Å²) in [6, 6.07) is 0.496. The number of hydrogen-bond acceptors (Lipinski definition) is 2. The van der Waals surface area contributed by atoms with Gasteiger partial charge in [0.2, 0.25) is 0 Å². The standard InChI is InChI=1S/C18H29NS/c19-15-11-10-14-13-8-4-5-9-16(13)20-18(14)17(15)12-6-2-1-3-7-12/h4,8,12-18H,1-3,5-7,9-11,19H2. The molecule has 6 atom stereocenters. The van der Waals surface area contributed by atoms with Crippen molar-refractivity contribution in [3.63, 3.8) is 0 Å². The topological polar surface area (TPSA) is 26.0 Å². The molecule has 1 nitrogen and oxygen atoms in total. The molecule has 1 saturated heterocycles. The second-order valence-corrected chi connectivity index (χ2v) is 9.02. The normalized spacial score (nSPS) is 48.9. The fourth-order valence-corrected chi connectivity index (χ4v) is 7.89. The van der Waals surface area contributed by atoms with Crippen LogP contribution in [0, 0.1) is 23.7 Å². The minimum atomic E-state index is 0.496. The van der Waals surface area contributed by atoms with E-state index in [0.29, 0.717) is 6.04 Å². The molecule has 1 heterocycles. The molecule has 0 bridgehead atoms. The van der Waals surface area contributed by atoms with E-state index in [9.17, 15) is 0 Å². The number of thioether (sulfide) groups is 1. The highest BCUT2D eigenvalue weighted by atomic mass is 32.2. The van der Waals surface area contributed by atoms with E-state index in [4.69, 9.17) is 5.73 Å². The van der Waals surface area contributed by atoms with Gasteiger partial charge in [0.15, 0.2) is 0 Å². The van der Waals surface area contributed by atoms with Gasteiger partial charge in [-0.25, -0.2) is 0 Å². The van der Waals surface area contributed by atoms with E-state index in [0.717, 1.165) is 34.2 Å². The number of rotatable bonds is 1. The van der Waals surface area contributed by atoms with Gasteiger partial charge in [0.05, 0.1) is 0 Å². The van der Waals surface area contributed by atoms with Gasteiger partial charge in [-0.15, -0.1) is 0 Å². The molecule has 3 fully saturated rings. The molecule has 0 radical (unpaired) electrons. The Labute approximate surface area is 128 Å². The lowest BCUT2D eigenvalue weighted by atomic mass is 9.64. The lowest BCUT2D eigenvalue weighted by Crippen LogP contribution is -2.48. The summed E-state index contributed by atoms with van der Waals surface area (Å²) < 4.78 is 0. The zero-order chi connectivity index (χ0) is 13.5. The van der Waals surface area contributed by atoms with Gasteiger partial charge in [0, 0.05) is 16.5 Å². The van der Waals surface area contributed by atoms with Crippen molar-refractivity contribution in [2.45, 2.75) is 74.3 Å². The fraction of sp³-hybridized carbons (Fsp3) is 0.889. The predicted molar refractivity (Wildman–Crippen MR) is 87.8 cm³/mol. The Morgan fingerprint density at radius 1 is 0.950 bits per heavy atom. The molecule has 2 saturated carbocycles. The van der Waals surface area contributed by atoms with Gasteiger partial charge in [-0.2, -0.15) is 11.8 Å². The van der Waals surface area contributed by atoms with Crippen molar-refractivity contribution in [3.8, 4) is 0 Å². The van der Waals surface area contributed by atoms with Crippen LogP contribution >= 0.6 is 11.8 Å². The number of allylic oxidation sites excluding steroid dienone is 2. The molecule has 4 aliphatic rings. The Morgan fingerprint density at radius 3 is 2.65 bits per heavy atom. The van der Waals surface area contributed by atoms with Gasteiger partial charge in [0.25, 0.3) is 0 Å². The van der Waals surface area contributed by atoms with Gasteiger partial charge < -0.3 is 5.73 Å². The largest absolute Gasteiger partial charge is 0.327 e. The van der Waals surface area contributed by atoms with E-state index in [1.165, 1.54) is 57.8 Å². The Kier molecular flexibility index (Phi) is 3.89. The summed E-state index contributed by atoms with van der Waals surface area (Å²) in [5.41, 5.74) is 6.62. The molecule has 4 rings (SSSR count). The monoisotopic (exact) mass is 291 g/mol. The molecule has 112 valence electrons. The van der Waals surface area contributed by atoms with Crippen molar-refractivity contribution >= 4 is 11.8 Å². The first-order valence-electron chi connectivity index (χ1n) is 8.92. The molecule has 6 unspecified atom stereocenters. The van der Waals surface area contributed by atoms with Crippen LogP contribution < -0.4 is 5.73 Å². The maximum atomic E-state index is 6.62. The van der Waals surface area contributed by atoms with Crippen LogP contribution in [0.1, 0.15) is 57.8 Å². The van der Waals surface area contributed by atoms with E-state index < -0.39 is 0 Å². The number of nitrogens with two attached hydrogens (primary N) is 1. The summed E-state index contributed by atoms with van der Waals surface area (Å²) in [6.07, 6.45) is 17.8. The van der Waals surface area contributed by atoms with Crippen molar-refractivity contribution in [2.24, 2.45) is 29.4 Å². The van der Waals surface area contributed by atoms with Crippen molar-refractivity contribution in [1.82, 2.24) is 0 Å². The summed E-state index contributed by atoms with van der Waals surface area (Å²) in [5, 5.41) is 1.81. The molecule has 0 aromatic carbocycles. The highest BCUT2D eigenvalue weighted by Crippen LogP contribution is 2.57. The first kappa shape index (κ1) is 13.7. The first-order valence-corrected chi connectivity index (χ1v) is 9.86. The molecule has 0 aromatic rings. The Balaban J connectivity index is 1.56. The van der Waals surface area contributed by atoms with Crippen LogP contribution in [0.4, 0.5) is 0 Å². The Hall–Kier alpha value is 0.0500. The average molecular weight is 292 g/mol. The Bertz CT molecular complexity index is 374. The molecule has 0 aromatic heterocycles. The Morgan fingerprint density at radius 2 is 1.80 bits per heavy atom. The molecule has 0 spiro atoms. The lowest BCUT2D eigenvalue weighted by molar-refractivity contribution is 0.135. The van der Waals surface area contributed by atoms with Crippen molar-refractivity contribution < 1.29 is 0 Å². The van der Waals surface area contributed by atoms with Gasteiger partial charge in [0.1, 0.15) is 0 Å². The first-order chi connectivity index (χ1) is 9.84. The zero-order valence-corrected chi connectivity index (χ0v) is 13.4. The molecule has 3 aliphatic carbocycles. The van der Waals surface area contributed by atoms with E-state index in [-0.39, 0.29) is 0 Å². The van der Waals surface area contributed by atoms with Crippen LogP contribution in [0.2, 0.25) is 0 Å². The van der Waals surface area contributed by atoms with Crippen LogP contribution in [-0.2, 0) is 0 Å². The molecular formula is C18H29NS. The third-order valence-corrected chi connectivity index (χ3v) is 8.43. The highest BCUT2D eigenvalue weighted by molar-refractivity contribution is 8.00. The molecule has 2 N–H and O–H groups in total. The van der Waals surface area contributed by atoms with Crippen molar-refractivity contribution in [3.05, 3.63) is 12.2 Å². The smallest absolute Gasteiger partial charge is 0.0130 e. The lowest BCUT2D eigenvalue weighted by Gasteiger charge is -2.44. The summed E-state index contributed by atoms with van der Waals surface area (Å²) in [5.74, 6) is 3.62. The van der Waals surface area contributed by atoms with Crippen LogP contribution in [0.5, 0.6) is 0 Å². The average Bonchev–Trinajstić information content (AvgIpc) is 2.86. The molecule has 2 heteroatoms. The summed E-state index contributed by atoms with van der Waals surface area (Å²) in [7, 11) is 0. The van der Waals surface area contributed by atoms with Gasteiger partial charge in [-0.1, -0.05) is 44.3 Å². The maximum absolute atomic E-state index is 6.62. The summed E-state index contributed by atoms with van der Waals surface area (Å²) in [6.45, 7) is 0. The molecule has 0 amide bonds. The van der Waals surface area contributed by atoms with Gasteiger partial charge in [-0.05, 0) is 49.4 Å². The number of hydrogen-bond donors (Lipinski definition) is 1. The van der Waals surface area contributed by atoms with Gasteiger partial charge >= 0.3 is 0 Å². The van der Waals surface area contributed by atoms with E-state index >= 15 is 0 Å². The molecular weight excluding hydrogens is 262 g/mol.